The molecular weight excluding hydrogens is 270 g/mol. The predicted octanol–water partition coefficient (Wildman–Crippen LogP) is 1.35. The summed E-state index contributed by atoms with van der Waals surface area (Å²) in [5, 5.41) is 0. The lowest BCUT2D eigenvalue weighted by atomic mass is 10.2. The van der Waals surface area contributed by atoms with Gasteiger partial charge in [-0.25, -0.2) is 4.99 Å². The summed E-state index contributed by atoms with van der Waals surface area (Å²) in [4.78, 5) is 12.4. The molecule has 21 heavy (non-hydrogen) atoms. The van der Waals surface area contributed by atoms with E-state index in [9.17, 15) is 0 Å². The van der Waals surface area contributed by atoms with Gasteiger partial charge in [0.25, 0.3) is 0 Å². The summed E-state index contributed by atoms with van der Waals surface area (Å²) in [5.41, 5.74) is 4.03. The van der Waals surface area contributed by atoms with Crippen LogP contribution in [0.15, 0.2) is 29.3 Å². The minimum absolute atomic E-state index is 0.129. The number of aliphatic imine (C=N–C) groups is 1. The summed E-state index contributed by atoms with van der Waals surface area (Å²) in [6.07, 6.45) is 0.690. The zero-order chi connectivity index (χ0) is 14.5. The van der Waals surface area contributed by atoms with Gasteiger partial charge in [0.2, 0.25) is 5.90 Å². The molecule has 0 aromatic heterocycles. The van der Waals surface area contributed by atoms with E-state index in [1.165, 1.54) is 0 Å². The minimum Gasteiger partial charge on any atom is -0.497 e. The molecule has 6 nitrogen and oxygen atoms in total. The number of morpholine rings is 1. The van der Waals surface area contributed by atoms with E-state index in [2.05, 4.69) is 15.4 Å². The maximum Gasteiger partial charge on any atom is 0.212 e. The van der Waals surface area contributed by atoms with Crippen molar-refractivity contribution in [2.75, 3.05) is 40.0 Å². The zero-order valence-corrected chi connectivity index (χ0v) is 12.2. The van der Waals surface area contributed by atoms with E-state index in [1.54, 1.807) is 7.11 Å². The third-order valence-corrected chi connectivity index (χ3v) is 3.74. The molecule has 0 amide bonds. The molecule has 1 atom stereocenters. The van der Waals surface area contributed by atoms with Crippen molar-refractivity contribution in [1.82, 2.24) is 10.4 Å². The van der Waals surface area contributed by atoms with Crippen molar-refractivity contribution < 1.29 is 14.3 Å². The lowest BCUT2D eigenvalue weighted by Gasteiger charge is -2.26. The highest BCUT2D eigenvalue weighted by Crippen LogP contribution is 2.22. The number of nitrogens with zero attached hydrogens (tertiary/aromatic N) is 2. The second kappa shape index (κ2) is 6.89. The van der Waals surface area contributed by atoms with E-state index in [4.69, 9.17) is 14.3 Å². The van der Waals surface area contributed by atoms with Crippen molar-refractivity contribution in [3.63, 3.8) is 0 Å². The first-order valence-corrected chi connectivity index (χ1v) is 7.28. The number of hydroxylamine groups is 1. The Labute approximate surface area is 124 Å². The van der Waals surface area contributed by atoms with Crippen molar-refractivity contribution in [2.24, 2.45) is 4.99 Å². The first kappa shape index (κ1) is 14.3. The molecule has 1 saturated heterocycles. The Morgan fingerprint density at radius 3 is 2.76 bits per heavy atom. The molecule has 1 fully saturated rings. The third-order valence-electron chi connectivity index (χ3n) is 3.74. The first-order valence-electron chi connectivity index (χ1n) is 7.28. The number of nitrogens with one attached hydrogen (secondary N) is 1. The molecule has 0 unspecified atom stereocenters. The van der Waals surface area contributed by atoms with Gasteiger partial charge in [0.15, 0.2) is 6.17 Å². The molecule has 0 saturated carbocycles. The van der Waals surface area contributed by atoms with Crippen LogP contribution in [-0.4, -0.2) is 50.8 Å². The minimum atomic E-state index is -0.129. The fourth-order valence-corrected chi connectivity index (χ4v) is 2.44. The largest absolute Gasteiger partial charge is 0.497 e. The van der Waals surface area contributed by atoms with E-state index < -0.39 is 0 Å². The number of rotatable bonds is 5. The Balaban J connectivity index is 1.53. The molecule has 114 valence electrons. The first-order chi connectivity index (χ1) is 10.3. The van der Waals surface area contributed by atoms with Crippen LogP contribution in [0.4, 0.5) is 0 Å². The van der Waals surface area contributed by atoms with Crippen LogP contribution in [0.2, 0.25) is 0 Å². The van der Waals surface area contributed by atoms with Gasteiger partial charge < -0.3 is 14.3 Å². The Hall–Kier alpha value is -1.63. The molecule has 0 aliphatic carbocycles. The van der Waals surface area contributed by atoms with Crippen molar-refractivity contribution in [1.29, 1.82) is 0 Å². The van der Waals surface area contributed by atoms with Crippen LogP contribution in [0.1, 0.15) is 18.2 Å². The SMILES string of the molecule is COc1ccc([C@H]2N=C(CCN3CCOCC3)ON2)cc1. The van der Waals surface area contributed by atoms with E-state index in [0.29, 0.717) is 0 Å². The van der Waals surface area contributed by atoms with Crippen LogP contribution in [0.5, 0.6) is 5.75 Å². The molecule has 6 heteroatoms. The number of hydrogen-bond acceptors (Lipinski definition) is 6. The van der Waals surface area contributed by atoms with Gasteiger partial charge in [-0.3, -0.25) is 4.90 Å². The smallest absolute Gasteiger partial charge is 0.212 e. The molecule has 0 radical (unpaired) electrons. The lowest BCUT2D eigenvalue weighted by Crippen LogP contribution is -2.37. The van der Waals surface area contributed by atoms with E-state index >= 15 is 0 Å². The number of methoxy groups -OCH3 is 1. The Morgan fingerprint density at radius 1 is 1.29 bits per heavy atom. The highest BCUT2D eigenvalue weighted by Gasteiger charge is 2.21. The summed E-state index contributed by atoms with van der Waals surface area (Å²) < 4.78 is 10.5. The molecule has 0 bridgehead atoms. The molecule has 1 aromatic rings. The molecule has 2 aliphatic heterocycles. The monoisotopic (exact) mass is 291 g/mol. The maximum absolute atomic E-state index is 5.48. The number of ether oxygens (including phenoxy) is 2. The summed E-state index contributed by atoms with van der Waals surface area (Å²) in [5.74, 6) is 1.61. The van der Waals surface area contributed by atoms with Crippen LogP contribution < -0.4 is 10.2 Å². The van der Waals surface area contributed by atoms with Crippen LogP contribution in [0.3, 0.4) is 0 Å². The summed E-state index contributed by atoms with van der Waals surface area (Å²) in [6, 6.07) is 7.85. The van der Waals surface area contributed by atoms with Crippen LogP contribution >= 0.6 is 0 Å². The molecule has 2 heterocycles. The van der Waals surface area contributed by atoms with Gasteiger partial charge in [-0.15, -0.1) is 5.48 Å². The Bertz CT molecular complexity index is 483. The zero-order valence-electron chi connectivity index (χ0n) is 12.2. The van der Waals surface area contributed by atoms with E-state index in [-0.39, 0.29) is 6.17 Å². The van der Waals surface area contributed by atoms with Gasteiger partial charge >= 0.3 is 0 Å². The quantitative estimate of drug-likeness (QED) is 0.887. The van der Waals surface area contributed by atoms with Crippen molar-refractivity contribution in [3.05, 3.63) is 29.8 Å². The van der Waals surface area contributed by atoms with Crippen LogP contribution in [-0.2, 0) is 9.57 Å². The topological polar surface area (TPSA) is 55.3 Å². The average molecular weight is 291 g/mol. The molecule has 2 aliphatic rings. The standard InChI is InChI=1S/C15H21N3O3/c1-19-13-4-2-12(3-5-13)15-16-14(21-17-15)6-7-18-8-10-20-11-9-18/h2-5,15,17H,6-11H2,1H3/t15-/m0/s1. The van der Waals surface area contributed by atoms with Gasteiger partial charge in [0.05, 0.1) is 20.3 Å². The summed E-state index contributed by atoms with van der Waals surface area (Å²) in [7, 11) is 1.66. The maximum atomic E-state index is 5.48. The van der Waals surface area contributed by atoms with Crippen molar-refractivity contribution in [2.45, 2.75) is 12.6 Å². The van der Waals surface area contributed by atoms with Gasteiger partial charge in [-0.05, 0) is 17.7 Å². The van der Waals surface area contributed by atoms with Crippen molar-refractivity contribution in [3.8, 4) is 5.75 Å². The normalized spacial score (nSPS) is 22.7. The fraction of sp³-hybridized carbons (Fsp3) is 0.533. The van der Waals surface area contributed by atoms with Gasteiger partial charge in [-0.2, -0.15) is 0 Å². The van der Waals surface area contributed by atoms with Crippen molar-refractivity contribution >= 4 is 5.90 Å². The highest BCUT2D eigenvalue weighted by molar-refractivity contribution is 5.77. The highest BCUT2D eigenvalue weighted by atomic mass is 16.7. The van der Waals surface area contributed by atoms with Crippen LogP contribution in [0, 0.1) is 0 Å². The summed E-state index contributed by atoms with van der Waals surface area (Å²) in [6.45, 7) is 4.57. The molecule has 3 rings (SSSR count). The van der Waals surface area contributed by atoms with Crippen LogP contribution in [0.25, 0.3) is 0 Å². The van der Waals surface area contributed by atoms with E-state index in [0.717, 1.165) is 56.5 Å². The van der Waals surface area contributed by atoms with E-state index in [1.807, 2.05) is 24.3 Å². The fourth-order valence-electron chi connectivity index (χ4n) is 2.44. The second-order valence-electron chi connectivity index (χ2n) is 5.12. The third kappa shape index (κ3) is 3.72. The average Bonchev–Trinajstić information content (AvgIpc) is 3.03. The number of benzene rings is 1. The second-order valence-corrected chi connectivity index (χ2v) is 5.12. The molecule has 1 aromatic carbocycles. The molecule has 0 spiro atoms. The predicted molar refractivity (Wildman–Crippen MR) is 79.3 cm³/mol. The van der Waals surface area contributed by atoms with Gasteiger partial charge in [0, 0.05) is 26.1 Å². The summed E-state index contributed by atoms with van der Waals surface area (Å²) >= 11 is 0. The van der Waals surface area contributed by atoms with Gasteiger partial charge in [-0.1, -0.05) is 12.1 Å². The van der Waals surface area contributed by atoms with Gasteiger partial charge in [0.1, 0.15) is 5.75 Å². The lowest BCUT2D eigenvalue weighted by molar-refractivity contribution is 0.0383. The Kier molecular flexibility index (Phi) is 4.69. The number of hydrogen-bond donors (Lipinski definition) is 1. The molecular formula is C15H21N3O3. The Morgan fingerprint density at radius 2 is 2.05 bits per heavy atom. The molecule has 1 N–H and O–H groups in total.